The summed E-state index contributed by atoms with van der Waals surface area (Å²) in [7, 11) is 0. The fourth-order valence-corrected chi connectivity index (χ4v) is 8.80. The van der Waals surface area contributed by atoms with Crippen molar-refractivity contribution in [3.05, 3.63) is 11.6 Å². The van der Waals surface area contributed by atoms with Crippen LogP contribution in [0.4, 0.5) is 0 Å². The number of ketones is 2. The highest BCUT2D eigenvalue weighted by Gasteiger charge is 2.85. The molecule has 1 aliphatic carbocycles. The Morgan fingerprint density at radius 2 is 1.78 bits per heavy atom. The van der Waals surface area contributed by atoms with Crippen molar-refractivity contribution in [1.82, 2.24) is 0 Å². The number of fused-ring (bicyclic) bond motifs is 7. The molecule has 0 aromatic rings. The third-order valence-corrected chi connectivity index (χ3v) is 11.4. The summed E-state index contributed by atoms with van der Waals surface area (Å²) in [5.41, 5.74) is -3.99. The maximum absolute atomic E-state index is 14.3. The zero-order chi connectivity index (χ0) is 27.1. The van der Waals surface area contributed by atoms with Crippen LogP contribution in [-0.4, -0.2) is 79.7 Å². The van der Waals surface area contributed by atoms with Crippen molar-refractivity contribution in [3.63, 3.8) is 0 Å². The highest BCUT2D eigenvalue weighted by atomic mass is 16.8. The fourth-order valence-electron chi connectivity index (χ4n) is 8.80. The zero-order valence-corrected chi connectivity index (χ0v) is 22.4. The van der Waals surface area contributed by atoms with Crippen molar-refractivity contribution in [2.24, 2.45) is 34.5 Å². The number of carbonyl (C=O) groups is 2. The largest absolute Gasteiger partial charge is 0.393 e. The maximum atomic E-state index is 14.3. The first-order chi connectivity index (χ1) is 17.1. The van der Waals surface area contributed by atoms with E-state index in [9.17, 15) is 30.0 Å². The van der Waals surface area contributed by atoms with Gasteiger partial charge >= 0.3 is 0 Å². The van der Waals surface area contributed by atoms with Gasteiger partial charge in [-0.2, -0.15) is 0 Å². The second-order valence-corrected chi connectivity index (χ2v) is 13.5. The van der Waals surface area contributed by atoms with Gasteiger partial charge in [-0.3, -0.25) is 9.59 Å². The molecule has 206 valence electrons. The first-order valence-electron chi connectivity index (χ1n) is 13.7. The van der Waals surface area contributed by atoms with Gasteiger partial charge in [0.2, 0.25) is 17.4 Å². The first-order valence-corrected chi connectivity index (χ1v) is 13.7. The Morgan fingerprint density at radius 3 is 2.43 bits per heavy atom. The SMILES string of the molecule is CC(C)[C@@H](C)[C@@H](O)[C@@H]1O[C@H]2C[C@]3(O)C4=CC(=O)[C@@]5(O)C[C@@H](O)CC[C@]6(C)C(=O)[C@H](O[C@@]46O5)[C@]3(C)[C@H]2[C@@H]1C. The summed E-state index contributed by atoms with van der Waals surface area (Å²) < 4.78 is 19.1. The van der Waals surface area contributed by atoms with Crippen molar-refractivity contribution in [2.45, 2.75) is 115 Å². The van der Waals surface area contributed by atoms with Gasteiger partial charge in [-0.15, -0.1) is 0 Å². The highest BCUT2D eigenvalue weighted by molar-refractivity contribution is 6.01. The van der Waals surface area contributed by atoms with Crippen molar-refractivity contribution in [2.75, 3.05) is 0 Å². The maximum Gasteiger partial charge on any atom is 0.235 e. The van der Waals surface area contributed by atoms with Crippen LogP contribution in [0, 0.1) is 34.5 Å². The van der Waals surface area contributed by atoms with Gasteiger partial charge < -0.3 is 34.6 Å². The predicted molar refractivity (Wildman–Crippen MR) is 129 cm³/mol. The van der Waals surface area contributed by atoms with Gasteiger partial charge in [-0.1, -0.05) is 34.6 Å². The Morgan fingerprint density at radius 1 is 1.11 bits per heavy atom. The molecule has 9 heteroatoms. The standard InChI is InChI=1S/C28H40O9/c1-12(2)13(3)20(31)21-14(4)19-16(35-21)11-26(33)17-9-18(30)27(34)10-15(29)7-8-24(5)22(32)23(25(19,26)6)36-28(17,24)37-27/h9,12-16,19-21,23,29,31,33-34H,7-8,10-11H2,1-6H3/t13-,14+,15+,16+,19+,20-,21-,23+,24-,25+,26+,27-,28-/m1/s1. The van der Waals surface area contributed by atoms with E-state index >= 15 is 0 Å². The molecule has 5 heterocycles. The molecule has 1 spiro atoms. The van der Waals surface area contributed by atoms with Crippen LogP contribution in [0.5, 0.6) is 0 Å². The van der Waals surface area contributed by atoms with E-state index in [-0.39, 0.29) is 60.7 Å². The van der Waals surface area contributed by atoms with E-state index < -0.39 is 64.3 Å². The van der Waals surface area contributed by atoms with Crippen LogP contribution in [0.25, 0.3) is 0 Å². The predicted octanol–water partition coefficient (Wildman–Crippen LogP) is 1.24. The summed E-state index contributed by atoms with van der Waals surface area (Å²) in [6.07, 6.45) is -2.40. The molecule has 13 atom stereocenters. The van der Waals surface area contributed by atoms with E-state index in [1.165, 1.54) is 6.08 Å². The summed E-state index contributed by atoms with van der Waals surface area (Å²) in [6.45, 7) is 11.6. The molecule has 6 rings (SSSR count). The van der Waals surface area contributed by atoms with Crippen LogP contribution in [0.2, 0.25) is 0 Å². The minimum atomic E-state index is -2.36. The number of carbonyl (C=O) groups excluding carboxylic acids is 2. The van der Waals surface area contributed by atoms with E-state index in [0.717, 1.165) is 0 Å². The number of hydrogen-bond acceptors (Lipinski definition) is 9. The smallest absolute Gasteiger partial charge is 0.235 e. The van der Waals surface area contributed by atoms with E-state index in [1.54, 1.807) is 6.92 Å². The number of rotatable bonds is 3. The minimum Gasteiger partial charge on any atom is -0.393 e. The Balaban J connectivity index is 1.50. The molecule has 0 amide bonds. The van der Waals surface area contributed by atoms with Crippen molar-refractivity contribution < 1.29 is 44.2 Å². The van der Waals surface area contributed by atoms with Crippen molar-refractivity contribution in [1.29, 1.82) is 0 Å². The molecule has 0 aromatic carbocycles. The molecule has 0 radical (unpaired) electrons. The third-order valence-electron chi connectivity index (χ3n) is 11.4. The van der Waals surface area contributed by atoms with Gasteiger partial charge in [0.15, 0.2) is 5.78 Å². The second-order valence-electron chi connectivity index (χ2n) is 13.5. The number of Topliss-reactive ketones (excluding diaryl/α,β-unsaturated/α-hetero) is 1. The molecule has 1 saturated carbocycles. The average molecular weight is 521 g/mol. The van der Waals surface area contributed by atoms with Crippen molar-refractivity contribution >= 4 is 11.6 Å². The summed E-state index contributed by atoms with van der Waals surface area (Å²) in [6, 6.07) is 0. The van der Waals surface area contributed by atoms with Crippen LogP contribution in [0.3, 0.4) is 0 Å². The summed E-state index contributed by atoms with van der Waals surface area (Å²) in [5.74, 6) is -5.53. The third kappa shape index (κ3) is 2.79. The fraction of sp³-hybridized carbons (Fsp3) is 0.857. The zero-order valence-electron chi connectivity index (χ0n) is 22.4. The van der Waals surface area contributed by atoms with Crippen molar-refractivity contribution in [3.8, 4) is 0 Å². The van der Waals surface area contributed by atoms with Crippen LogP contribution >= 0.6 is 0 Å². The summed E-state index contributed by atoms with van der Waals surface area (Å²) in [5, 5.41) is 45.5. The molecule has 4 saturated heterocycles. The lowest BCUT2D eigenvalue weighted by atomic mass is 9.59. The second kappa shape index (κ2) is 7.50. The Labute approximate surface area is 217 Å². The Hall–Kier alpha value is -1.20. The normalized spacial score (nSPS) is 55.9. The van der Waals surface area contributed by atoms with E-state index in [0.29, 0.717) is 0 Å². The van der Waals surface area contributed by atoms with E-state index in [1.807, 2.05) is 20.8 Å². The van der Waals surface area contributed by atoms with Gasteiger partial charge in [-0.25, -0.2) is 0 Å². The molecule has 6 aliphatic rings. The highest BCUT2D eigenvalue weighted by Crippen LogP contribution is 2.74. The van der Waals surface area contributed by atoms with Gasteiger partial charge in [0.05, 0.1) is 29.8 Å². The molecular weight excluding hydrogens is 480 g/mol. The van der Waals surface area contributed by atoms with Crippen LogP contribution in [-0.2, 0) is 23.8 Å². The Kier molecular flexibility index (Phi) is 5.28. The van der Waals surface area contributed by atoms with E-state index in [2.05, 4.69) is 13.8 Å². The molecule has 0 unspecified atom stereocenters. The first kappa shape index (κ1) is 26.0. The number of aliphatic hydroxyl groups is 4. The number of ether oxygens (including phenoxy) is 3. The van der Waals surface area contributed by atoms with Gasteiger partial charge in [0.25, 0.3) is 0 Å². The lowest BCUT2D eigenvalue weighted by Crippen LogP contribution is -2.70. The molecule has 3 bridgehead atoms. The Bertz CT molecular complexity index is 1090. The summed E-state index contributed by atoms with van der Waals surface area (Å²) >= 11 is 0. The van der Waals surface area contributed by atoms with Crippen LogP contribution < -0.4 is 0 Å². The molecule has 5 fully saturated rings. The molecule has 37 heavy (non-hydrogen) atoms. The monoisotopic (exact) mass is 520 g/mol. The van der Waals surface area contributed by atoms with Crippen LogP contribution in [0.15, 0.2) is 11.6 Å². The topological polar surface area (TPSA) is 143 Å². The van der Waals surface area contributed by atoms with Gasteiger partial charge in [-0.05, 0) is 43.6 Å². The quantitative estimate of drug-likeness (QED) is 0.432. The van der Waals surface area contributed by atoms with Gasteiger partial charge in [0, 0.05) is 29.7 Å². The minimum absolute atomic E-state index is 0.0117. The number of hydrogen-bond donors (Lipinski definition) is 4. The number of aliphatic hydroxyl groups excluding tert-OH is 2. The lowest BCUT2D eigenvalue weighted by Gasteiger charge is -2.59. The van der Waals surface area contributed by atoms with Crippen LogP contribution in [0.1, 0.15) is 67.2 Å². The molecular formula is C28H40O9. The lowest BCUT2D eigenvalue weighted by molar-refractivity contribution is -0.378. The summed E-state index contributed by atoms with van der Waals surface area (Å²) in [4.78, 5) is 27.5. The molecule has 5 aliphatic heterocycles. The molecule has 0 aromatic heterocycles. The van der Waals surface area contributed by atoms with Gasteiger partial charge in [0.1, 0.15) is 11.7 Å². The van der Waals surface area contributed by atoms with E-state index in [4.69, 9.17) is 14.2 Å². The molecule has 9 nitrogen and oxygen atoms in total. The molecule has 4 N–H and O–H groups in total. The average Bonchev–Trinajstić information content (AvgIpc) is 3.33.